The molecular weight excluding hydrogens is 168 g/mol. The Labute approximate surface area is 78.2 Å². The van der Waals surface area contributed by atoms with Crippen molar-refractivity contribution in [2.24, 2.45) is 0 Å². The van der Waals surface area contributed by atoms with Crippen LogP contribution in [0.2, 0.25) is 0 Å². The minimum Gasteiger partial charge on any atom is -0.224 e. The first-order chi connectivity index (χ1) is 5.56. The predicted molar refractivity (Wildman–Crippen MR) is 52.6 cm³/mol. The van der Waals surface area contributed by atoms with Gasteiger partial charge in [-0.2, -0.15) is 4.37 Å². The second-order valence-corrected chi connectivity index (χ2v) is 4.73. The van der Waals surface area contributed by atoms with Gasteiger partial charge in [-0.1, -0.05) is 27.2 Å². The monoisotopic (exact) mass is 184 g/mol. The summed E-state index contributed by atoms with van der Waals surface area (Å²) in [7, 11) is 0. The quantitative estimate of drug-likeness (QED) is 0.722. The van der Waals surface area contributed by atoms with E-state index in [0.717, 1.165) is 17.3 Å². The Bertz CT molecular complexity index is 253. The van der Waals surface area contributed by atoms with Gasteiger partial charge in [-0.3, -0.25) is 0 Å². The summed E-state index contributed by atoms with van der Waals surface area (Å²) in [5.41, 5.74) is 0.152. The van der Waals surface area contributed by atoms with Gasteiger partial charge >= 0.3 is 0 Å². The SMILES string of the molecule is CCCC(C)(C)c1nsc(C)n1. The van der Waals surface area contributed by atoms with Gasteiger partial charge in [0.15, 0.2) is 0 Å². The summed E-state index contributed by atoms with van der Waals surface area (Å²) in [6, 6.07) is 0. The number of aromatic nitrogens is 2. The van der Waals surface area contributed by atoms with Gasteiger partial charge < -0.3 is 0 Å². The predicted octanol–water partition coefficient (Wildman–Crippen LogP) is 2.92. The Morgan fingerprint density at radius 1 is 1.42 bits per heavy atom. The number of rotatable bonds is 3. The molecule has 0 saturated carbocycles. The highest BCUT2D eigenvalue weighted by Crippen LogP contribution is 2.26. The third kappa shape index (κ3) is 2.03. The summed E-state index contributed by atoms with van der Waals surface area (Å²) < 4.78 is 4.34. The van der Waals surface area contributed by atoms with E-state index >= 15 is 0 Å². The molecule has 2 nitrogen and oxygen atoms in total. The lowest BCUT2D eigenvalue weighted by molar-refractivity contribution is 0.449. The van der Waals surface area contributed by atoms with E-state index in [1.54, 1.807) is 0 Å². The molecule has 3 heteroatoms. The summed E-state index contributed by atoms with van der Waals surface area (Å²) in [6.07, 6.45) is 2.34. The molecule has 1 rings (SSSR count). The summed E-state index contributed by atoms with van der Waals surface area (Å²) >= 11 is 1.50. The van der Waals surface area contributed by atoms with Crippen LogP contribution in [0.25, 0.3) is 0 Å². The van der Waals surface area contributed by atoms with Crippen molar-refractivity contribution in [3.05, 3.63) is 10.8 Å². The fourth-order valence-corrected chi connectivity index (χ4v) is 1.94. The van der Waals surface area contributed by atoms with Crippen LogP contribution >= 0.6 is 11.5 Å². The molecule has 0 aromatic carbocycles. The molecule has 0 aliphatic rings. The van der Waals surface area contributed by atoms with Crippen LogP contribution in [0.3, 0.4) is 0 Å². The molecule has 0 aliphatic carbocycles. The molecule has 0 fully saturated rings. The van der Waals surface area contributed by atoms with Crippen molar-refractivity contribution < 1.29 is 0 Å². The van der Waals surface area contributed by atoms with E-state index in [1.807, 2.05) is 6.92 Å². The molecule has 0 spiro atoms. The van der Waals surface area contributed by atoms with Gasteiger partial charge in [0.25, 0.3) is 0 Å². The molecule has 0 saturated heterocycles. The molecule has 0 N–H and O–H groups in total. The minimum atomic E-state index is 0.152. The van der Waals surface area contributed by atoms with Crippen LogP contribution in [-0.4, -0.2) is 9.36 Å². The molecule has 0 unspecified atom stereocenters. The van der Waals surface area contributed by atoms with E-state index in [4.69, 9.17) is 0 Å². The summed E-state index contributed by atoms with van der Waals surface area (Å²) in [6.45, 7) is 8.61. The zero-order valence-electron chi connectivity index (χ0n) is 8.22. The number of aryl methyl sites for hydroxylation is 1. The van der Waals surface area contributed by atoms with Crippen LogP contribution in [0.15, 0.2) is 0 Å². The molecule has 1 aromatic heterocycles. The standard InChI is InChI=1S/C9H16N2S/c1-5-6-9(3,4)8-10-7(2)12-11-8/h5-6H2,1-4H3. The third-order valence-corrected chi connectivity index (χ3v) is 2.63. The van der Waals surface area contributed by atoms with Crippen LogP contribution in [0, 0.1) is 6.92 Å². The topological polar surface area (TPSA) is 25.8 Å². The highest BCUT2D eigenvalue weighted by atomic mass is 32.1. The Kier molecular flexibility index (Phi) is 2.83. The smallest absolute Gasteiger partial charge is 0.148 e. The summed E-state index contributed by atoms with van der Waals surface area (Å²) in [4.78, 5) is 4.41. The van der Waals surface area contributed by atoms with Crippen LogP contribution in [-0.2, 0) is 5.41 Å². The maximum atomic E-state index is 4.41. The van der Waals surface area contributed by atoms with Gasteiger partial charge in [0.1, 0.15) is 10.8 Å². The zero-order valence-corrected chi connectivity index (χ0v) is 9.03. The normalized spacial score (nSPS) is 12.0. The number of hydrogen-bond acceptors (Lipinski definition) is 3. The van der Waals surface area contributed by atoms with Crippen molar-refractivity contribution in [3.63, 3.8) is 0 Å². The van der Waals surface area contributed by atoms with Crippen LogP contribution in [0.5, 0.6) is 0 Å². The molecule has 12 heavy (non-hydrogen) atoms. The van der Waals surface area contributed by atoms with E-state index in [-0.39, 0.29) is 5.41 Å². The van der Waals surface area contributed by atoms with Crippen molar-refractivity contribution in [1.29, 1.82) is 0 Å². The fraction of sp³-hybridized carbons (Fsp3) is 0.778. The van der Waals surface area contributed by atoms with Crippen LogP contribution < -0.4 is 0 Å². The molecule has 1 heterocycles. The molecular formula is C9H16N2S. The second-order valence-electron chi connectivity index (χ2n) is 3.77. The van der Waals surface area contributed by atoms with Crippen molar-refractivity contribution in [3.8, 4) is 0 Å². The lowest BCUT2D eigenvalue weighted by Crippen LogP contribution is -2.18. The highest BCUT2D eigenvalue weighted by molar-refractivity contribution is 7.05. The first-order valence-electron chi connectivity index (χ1n) is 4.37. The van der Waals surface area contributed by atoms with Gasteiger partial charge in [0.05, 0.1) is 0 Å². The average Bonchev–Trinajstić information content (AvgIpc) is 2.36. The largest absolute Gasteiger partial charge is 0.224 e. The van der Waals surface area contributed by atoms with Gasteiger partial charge in [-0.25, -0.2) is 4.98 Å². The summed E-state index contributed by atoms with van der Waals surface area (Å²) in [5.74, 6) is 1.01. The van der Waals surface area contributed by atoms with Crippen LogP contribution in [0.1, 0.15) is 44.4 Å². The molecule has 0 bridgehead atoms. The van der Waals surface area contributed by atoms with Crippen LogP contribution in [0.4, 0.5) is 0 Å². The van der Waals surface area contributed by atoms with E-state index < -0.39 is 0 Å². The van der Waals surface area contributed by atoms with E-state index in [2.05, 4.69) is 30.1 Å². The third-order valence-electron chi connectivity index (χ3n) is 2.01. The Hall–Kier alpha value is -0.440. The Morgan fingerprint density at radius 3 is 2.50 bits per heavy atom. The maximum Gasteiger partial charge on any atom is 0.148 e. The first-order valence-corrected chi connectivity index (χ1v) is 5.14. The van der Waals surface area contributed by atoms with E-state index in [0.29, 0.717) is 0 Å². The van der Waals surface area contributed by atoms with Gasteiger partial charge in [-0.05, 0) is 24.9 Å². The molecule has 0 amide bonds. The van der Waals surface area contributed by atoms with Crippen molar-refractivity contribution in [2.45, 2.75) is 46.0 Å². The van der Waals surface area contributed by atoms with Crippen molar-refractivity contribution >= 4 is 11.5 Å². The minimum absolute atomic E-state index is 0.152. The molecule has 0 atom stereocenters. The van der Waals surface area contributed by atoms with Gasteiger partial charge in [-0.15, -0.1) is 0 Å². The Balaban J connectivity index is 2.81. The summed E-state index contributed by atoms with van der Waals surface area (Å²) in [5, 5.41) is 1.06. The number of hydrogen-bond donors (Lipinski definition) is 0. The molecule has 68 valence electrons. The van der Waals surface area contributed by atoms with E-state index in [9.17, 15) is 0 Å². The van der Waals surface area contributed by atoms with E-state index in [1.165, 1.54) is 18.0 Å². The second kappa shape index (κ2) is 3.52. The molecule has 0 radical (unpaired) electrons. The lowest BCUT2D eigenvalue weighted by Gasteiger charge is -2.19. The van der Waals surface area contributed by atoms with Gasteiger partial charge in [0, 0.05) is 5.41 Å². The zero-order chi connectivity index (χ0) is 9.19. The fourth-order valence-electron chi connectivity index (χ4n) is 1.31. The maximum absolute atomic E-state index is 4.41. The number of nitrogens with zero attached hydrogens (tertiary/aromatic N) is 2. The van der Waals surface area contributed by atoms with Crippen molar-refractivity contribution in [1.82, 2.24) is 9.36 Å². The molecule has 1 aromatic rings. The average molecular weight is 184 g/mol. The van der Waals surface area contributed by atoms with Gasteiger partial charge in [0.2, 0.25) is 0 Å². The Morgan fingerprint density at radius 2 is 2.08 bits per heavy atom. The van der Waals surface area contributed by atoms with Crippen molar-refractivity contribution in [2.75, 3.05) is 0 Å². The highest BCUT2D eigenvalue weighted by Gasteiger charge is 2.23. The lowest BCUT2D eigenvalue weighted by atomic mass is 9.87. The molecule has 0 aliphatic heterocycles. The first kappa shape index (κ1) is 9.65.